The smallest absolute Gasteiger partial charge is 0.0731 e. The number of nitrogens with zero attached hydrogens (tertiary/aromatic N) is 1. The molecule has 1 aromatic carbocycles. The van der Waals surface area contributed by atoms with Crippen LogP contribution in [0.1, 0.15) is 11.1 Å². The molecule has 15 heavy (non-hydrogen) atoms. The number of rotatable bonds is 2. The van der Waals surface area contributed by atoms with Gasteiger partial charge in [0.15, 0.2) is 0 Å². The lowest BCUT2D eigenvalue weighted by Crippen LogP contribution is -1.89. The second-order valence-electron chi connectivity index (χ2n) is 3.53. The van der Waals surface area contributed by atoms with Crippen LogP contribution >= 0.6 is 0 Å². The summed E-state index contributed by atoms with van der Waals surface area (Å²) >= 11 is 0. The number of aromatic nitrogens is 1. The molecule has 2 rings (SSSR count). The maximum atomic E-state index is 9.06. The van der Waals surface area contributed by atoms with Crippen LogP contribution in [0.5, 0.6) is 0 Å². The lowest BCUT2D eigenvalue weighted by molar-refractivity contribution is 0.282. The van der Waals surface area contributed by atoms with Crippen molar-refractivity contribution in [1.29, 1.82) is 0 Å². The van der Waals surface area contributed by atoms with Crippen molar-refractivity contribution in [3.63, 3.8) is 0 Å². The number of benzene rings is 1. The van der Waals surface area contributed by atoms with Gasteiger partial charge in [0.1, 0.15) is 0 Å². The number of hydrogen-bond acceptors (Lipinski definition) is 2. The fourth-order valence-electron chi connectivity index (χ4n) is 1.60. The van der Waals surface area contributed by atoms with Crippen molar-refractivity contribution in [1.82, 2.24) is 4.98 Å². The Bertz CT molecular complexity index is 466. The molecule has 76 valence electrons. The van der Waals surface area contributed by atoms with E-state index in [4.69, 9.17) is 5.11 Å². The number of hydrogen-bond donors (Lipinski definition) is 1. The fraction of sp³-hybridized carbons (Fsp3) is 0.154. The maximum absolute atomic E-state index is 9.06. The topological polar surface area (TPSA) is 33.1 Å². The van der Waals surface area contributed by atoms with Gasteiger partial charge in [0.25, 0.3) is 0 Å². The molecule has 0 unspecified atom stereocenters. The molecule has 2 aromatic rings. The van der Waals surface area contributed by atoms with Gasteiger partial charge in [-0.25, -0.2) is 0 Å². The minimum Gasteiger partial charge on any atom is -0.392 e. The van der Waals surface area contributed by atoms with Crippen LogP contribution < -0.4 is 0 Å². The average molecular weight is 199 g/mol. The summed E-state index contributed by atoms with van der Waals surface area (Å²) in [6.07, 6.45) is 1.79. The molecule has 0 radical (unpaired) electrons. The highest BCUT2D eigenvalue weighted by atomic mass is 16.3. The predicted molar refractivity (Wildman–Crippen MR) is 60.3 cm³/mol. The van der Waals surface area contributed by atoms with Gasteiger partial charge in [-0.2, -0.15) is 0 Å². The van der Waals surface area contributed by atoms with Crippen molar-refractivity contribution in [3.05, 3.63) is 53.7 Å². The molecular formula is C13H13NO. The molecule has 0 amide bonds. The quantitative estimate of drug-likeness (QED) is 0.806. The molecule has 1 heterocycles. The Morgan fingerprint density at radius 2 is 2.07 bits per heavy atom. The van der Waals surface area contributed by atoms with Gasteiger partial charge >= 0.3 is 0 Å². The molecule has 1 N–H and O–H groups in total. The Balaban J connectivity index is 2.49. The molecule has 0 spiro atoms. The molecule has 0 atom stereocenters. The predicted octanol–water partition coefficient (Wildman–Crippen LogP) is 2.55. The first kappa shape index (κ1) is 9.87. The largest absolute Gasteiger partial charge is 0.392 e. The van der Waals surface area contributed by atoms with E-state index in [1.165, 1.54) is 0 Å². The van der Waals surface area contributed by atoms with Crippen molar-refractivity contribution in [2.75, 3.05) is 0 Å². The van der Waals surface area contributed by atoms with E-state index in [0.29, 0.717) is 0 Å². The van der Waals surface area contributed by atoms with E-state index in [0.717, 1.165) is 22.4 Å². The monoisotopic (exact) mass is 199 g/mol. The normalized spacial score (nSPS) is 10.3. The molecular weight excluding hydrogens is 186 g/mol. The van der Waals surface area contributed by atoms with Crippen LogP contribution in [0, 0.1) is 6.92 Å². The third kappa shape index (κ3) is 2.05. The van der Waals surface area contributed by atoms with Crippen molar-refractivity contribution >= 4 is 0 Å². The van der Waals surface area contributed by atoms with Crippen LogP contribution in [0.2, 0.25) is 0 Å². The Kier molecular flexibility index (Phi) is 2.79. The highest BCUT2D eigenvalue weighted by Gasteiger charge is 2.02. The van der Waals surface area contributed by atoms with E-state index >= 15 is 0 Å². The Morgan fingerprint density at radius 3 is 2.80 bits per heavy atom. The van der Waals surface area contributed by atoms with Crippen molar-refractivity contribution < 1.29 is 5.11 Å². The van der Waals surface area contributed by atoms with Crippen LogP contribution in [0.15, 0.2) is 42.6 Å². The summed E-state index contributed by atoms with van der Waals surface area (Å²) in [6.45, 7) is 2.10. The second kappa shape index (κ2) is 4.24. The van der Waals surface area contributed by atoms with E-state index in [1.54, 1.807) is 6.20 Å². The summed E-state index contributed by atoms with van der Waals surface area (Å²) in [5.41, 5.74) is 4.09. The van der Waals surface area contributed by atoms with Crippen molar-refractivity contribution in [2.24, 2.45) is 0 Å². The molecule has 0 aliphatic carbocycles. The average Bonchev–Trinajstić information content (AvgIpc) is 2.30. The molecule has 0 aliphatic heterocycles. The van der Waals surface area contributed by atoms with E-state index < -0.39 is 0 Å². The van der Waals surface area contributed by atoms with Gasteiger partial charge in [-0.15, -0.1) is 0 Å². The zero-order valence-corrected chi connectivity index (χ0v) is 8.64. The van der Waals surface area contributed by atoms with Gasteiger partial charge < -0.3 is 5.11 Å². The molecule has 0 bridgehead atoms. The standard InChI is InChI=1S/C13H13NO/c1-10-4-3-7-14-13(10)12-6-2-5-11(8-12)9-15/h2-8,15H,9H2,1H3. The summed E-state index contributed by atoms with van der Waals surface area (Å²) in [4.78, 5) is 4.34. The first-order chi connectivity index (χ1) is 7.31. The number of aryl methyl sites for hydroxylation is 1. The van der Waals surface area contributed by atoms with Gasteiger partial charge in [-0.1, -0.05) is 24.3 Å². The highest BCUT2D eigenvalue weighted by molar-refractivity contribution is 5.63. The molecule has 0 fully saturated rings. The first-order valence-corrected chi connectivity index (χ1v) is 4.93. The zero-order valence-electron chi connectivity index (χ0n) is 8.64. The maximum Gasteiger partial charge on any atom is 0.0731 e. The van der Waals surface area contributed by atoms with E-state index in [2.05, 4.69) is 4.98 Å². The Morgan fingerprint density at radius 1 is 1.20 bits per heavy atom. The van der Waals surface area contributed by atoms with Crippen LogP contribution in [-0.2, 0) is 6.61 Å². The van der Waals surface area contributed by atoms with Crippen LogP contribution in [0.4, 0.5) is 0 Å². The summed E-state index contributed by atoms with van der Waals surface area (Å²) in [5, 5.41) is 9.06. The Labute approximate surface area is 89.2 Å². The van der Waals surface area contributed by atoms with Crippen LogP contribution in [0.3, 0.4) is 0 Å². The van der Waals surface area contributed by atoms with Gasteiger partial charge in [0.2, 0.25) is 0 Å². The van der Waals surface area contributed by atoms with E-state index in [9.17, 15) is 0 Å². The number of pyridine rings is 1. The fourth-order valence-corrected chi connectivity index (χ4v) is 1.60. The van der Waals surface area contributed by atoms with Crippen LogP contribution in [-0.4, -0.2) is 10.1 Å². The number of aliphatic hydroxyl groups excluding tert-OH is 1. The van der Waals surface area contributed by atoms with Gasteiger partial charge in [0.05, 0.1) is 12.3 Å². The summed E-state index contributed by atoms with van der Waals surface area (Å²) in [7, 11) is 0. The van der Waals surface area contributed by atoms with Crippen molar-refractivity contribution in [2.45, 2.75) is 13.5 Å². The number of aliphatic hydroxyl groups is 1. The minimum absolute atomic E-state index is 0.0692. The molecule has 2 nitrogen and oxygen atoms in total. The second-order valence-corrected chi connectivity index (χ2v) is 3.53. The molecule has 1 aromatic heterocycles. The van der Waals surface area contributed by atoms with Crippen molar-refractivity contribution in [3.8, 4) is 11.3 Å². The molecule has 0 saturated heterocycles. The minimum atomic E-state index is 0.0692. The van der Waals surface area contributed by atoms with Crippen LogP contribution in [0.25, 0.3) is 11.3 Å². The summed E-state index contributed by atoms with van der Waals surface area (Å²) in [6, 6.07) is 11.8. The third-order valence-electron chi connectivity index (χ3n) is 2.39. The lowest BCUT2D eigenvalue weighted by atomic mass is 10.0. The van der Waals surface area contributed by atoms with E-state index in [-0.39, 0.29) is 6.61 Å². The van der Waals surface area contributed by atoms with Gasteiger partial charge in [-0.3, -0.25) is 4.98 Å². The van der Waals surface area contributed by atoms with Gasteiger partial charge in [0, 0.05) is 11.8 Å². The molecule has 2 heteroatoms. The SMILES string of the molecule is Cc1cccnc1-c1cccc(CO)c1. The Hall–Kier alpha value is -1.67. The summed E-state index contributed by atoms with van der Waals surface area (Å²) < 4.78 is 0. The zero-order chi connectivity index (χ0) is 10.7. The van der Waals surface area contributed by atoms with Gasteiger partial charge in [-0.05, 0) is 30.2 Å². The molecule has 0 saturated carbocycles. The first-order valence-electron chi connectivity index (χ1n) is 4.93. The highest BCUT2D eigenvalue weighted by Crippen LogP contribution is 2.21. The van der Waals surface area contributed by atoms with E-state index in [1.807, 2.05) is 43.3 Å². The summed E-state index contributed by atoms with van der Waals surface area (Å²) in [5.74, 6) is 0. The third-order valence-corrected chi connectivity index (χ3v) is 2.39. The lowest BCUT2D eigenvalue weighted by Gasteiger charge is -2.05. The molecule has 0 aliphatic rings.